The van der Waals surface area contributed by atoms with Gasteiger partial charge in [-0.3, -0.25) is 4.79 Å². The zero-order valence-electron chi connectivity index (χ0n) is 13.1. The first-order chi connectivity index (χ1) is 9.79. The van der Waals surface area contributed by atoms with Gasteiger partial charge in [-0.25, -0.2) is 0 Å². The molecule has 21 heavy (non-hydrogen) atoms. The lowest BCUT2D eigenvalue weighted by molar-refractivity contribution is -0.142. The molecule has 0 spiro atoms. The van der Waals surface area contributed by atoms with Crippen LogP contribution in [0.25, 0.3) is 0 Å². The molecule has 0 fully saturated rings. The smallest absolute Gasteiger partial charge is 0.307 e. The quantitative estimate of drug-likeness (QED) is 0.661. The molecule has 3 N–H and O–H groups in total. The van der Waals surface area contributed by atoms with Crippen LogP contribution in [0.5, 0.6) is 0 Å². The Labute approximate surface area is 125 Å². The Morgan fingerprint density at radius 2 is 1.90 bits per heavy atom. The number of aliphatic hydroxyl groups is 2. The van der Waals surface area contributed by atoms with Crippen LogP contribution in [0.4, 0.5) is 0 Å². The van der Waals surface area contributed by atoms with E-state index in [-0.39, 0.29) is 13.0 Å². The average molecular weight is 295 g/mol. The number of carbonyl (C=O) groups excluding carboxylic acids is 1. The van der Waals surface area contributed by atoms with E-state index in [1.54, 1.807) is 13.8 Å². The van der Waals surface area contributed by atoms with E-state index < -0.39 is 23.7 Å². The lowest BCUT2D eigenvalue weighted by Crippen LogP contribution is -2.51. The predicted molar refractivity (Wildman–Crippen MR) is 80.9 cm³/mol. The molecule has 0 amide bonds. The molecule has 0 aliphatic heterocycles. The molecule has 0 saturated heterocycles. The van der Waals surface area contributed by atoms with Crippen molar-refractivity contribution < 1.29 is 19.7 Å². The lowest BCUT2D eigenvalue weighted by atomic mass is 9.95. The highest BCUT2D eigenvalue weighted by Crippen LogP contribution is 2.22. The summed E-state index contributed by atoms with van der Waals surface area (Å²) >= 11 is 0. The zero-order chi connectivity index (χ0) is 16.0. The van der Waals surface area contributed by atoms with Crippen molar-refractivity contribution in [2.45, 2.75) is 44.9 Å². The molecule has 0 saturated carbocycles. The monoisotopic (exact) mass is 295 g/mol. The molecule has 0 aliphatic rings. The van der Waals surface area contributed by atoms with Gasteiger partial charge in [0.25, 0.3) is 0 Å². The van der Waals surface area contributed by atoms with Crippen LogP contribution in [-0.2, 0) is 9.53 Å². The van der Waals surface area contributed by atoms with Crippen molar-refractivity contribution in [1.82, 2.24) is 5.32 Å². The van der Waals surface area contributed by atoms with Crippen molar-refractivity contribution in [1.29, 1.82) is 0 Å². The van der Waals surface area contributed by atoms with Gasteiger partial charge in [-0.1, -0.05) is 29.8 Å². The van der Waals surface area contributed by atoms with Crippen molar-refractivity contribution in [3.63, 3.8) is 0 Å². The molecular formula is C16H25NO4. The van der Waals surface area contributed by atoms with Crippen LogP contribution in [0.2, 0.25) is 0 Å². The van der Waals surface area contributed by atoms with Crippen LogP contribution >= 0.6 is 0 Å². The maximum Gasteiger partial charge on any atom is 0.307 e. The first-order valence-corrected chi connectivity index (χ1v) is 6.99. The van der Waals surface area contributed by atoms with E-state index in [1.165, 1.54) is 7.11 Å². The zero-order valence-corrected chi connectivity index (χ0v) is 13.1. The Hall–Kier alpha value is -1.43. The SMILES string of the molecule is COC(=O)CC(NC(C)(C)CO)C(O)c1ccc(C)cc1. The predicted octanol–water partition coefficient (Wildman–Crippen LogP) is 1.32. The topological polar surface area (TPSA) is 78.8 Å². The van der Waals surface area contributed by atoms with Crippen molar-refractivity contribution >= 4 is 5.97 Å². The number of carbonyl (C=O) groups is 1. The Bertz CT molecular complexity index is 456. The van der Waals surface area contributed by atoms with E-state index in [4.69, 9.17) is 0 Å². The van der Waals surface area contributed by atoms with E-state index in [0.29, 0.717) is 0 Å². The van der Waals surface area contributed by atoms with E-state index in [2.05, 4.69) is 10.1 Å². The number of methoxy groups -OCH3 is 1. The average Bonchev–Trinajstić information content (AvgIpc) is 2.46. The Balaban J connectivity index is 2.93. The molecule has 0 heterocycles. The molecule has 5 nitrogen and oxygen atoms in total. The van der Waals surface area contributed by atoms with Gasteiger partial charge in [-0.15, -0.1) is 0 Å². The summed E-state index contributed by atoms with van der Waals surface area (Å²) in [7, 11) is 1.31. The second-order valence-corrected chi connectivity index (χ2v) is 5.93. The van der Waals surface area contributed by atoms with Gasteiger partial charge in [0.1, 0.15) is 0 Å². The second kappa shape index (κ2) is 7.54. The third kappa shape index (κ3) is 5.46. The number of ether oxygens (including phenoxy) is 1. The lowest BCUT2D eigenvalue weighted by Gasteiger charge is -2.32. The highest BCUT2D eigenvalue weighted by atomic mass is 16.5. The van der Waals surface area contributed by atoms with Crippen LogP contribution in [0.15, 0.2) is 24.3 Å². The molecule has 1 aromatic carbocycles. The number of aliphatic hydroxyl groups excluding tert-OH is 2. The van der Waals surface area contributed by atoms with Gasteiger partial charge in [0, 0.05) is 11.6 Å². The number of aryl methyl sites for hydroxylation is 1. The largest absolute Gasteiger partial charge is 0.469 e. The fourth-order valence-electron chi connectivity index (χ4n) is 2.05. The minimum atomic E-state index is -0.865. The van der Waals surface area contributed by atoms with E-state index in [1.807, 2.05) is 31.2 Å². The van der Waals surface area contributed by atoms with Gasteiger partial charge in [-0.2, -0.15) is 0 Å². The van der Waals surface area contributed by atoms with Gasteiger partial charge < -0.3 is 20.3 Å². The van der Waals surface area contributed by atoms with Crippen molar-refractivity contribution in [2.75, 3.05) is 13.7 Å². The van der Waals surface area contributed by atoms with Gasteiger partial charge in [-0.05, 0) is 26.3 Å². The van der Waals surface area contributed by atoms with Crippen molar-refractivity contribution in [2.24, 2.45) is 0 Å². The summed E-state index contributed by atoms with van der Waals surface area (Å²) in [6, 6.07) is 6.94. The minimum absolute atomic E-state index is 0.0228. The number of benzene rings is 1. The second-order valence-electron chi connectivity index (χ2n) is 5.93. The molecule has 5 heteroatoms. The summed E-state index contributed by atoms with van der Waals surface area (Å²) in [6.07, 6.45) is -0.842. The molecule has 1 rings (SSSR count). The summed E-state index contributed by atoms with van der Waals surface area (Å²) in [4.78, 5) is 11.6. The van der Waals surface area contributed by atoms with Crippen molar-refractivity contribution in [3.8, 4) is 0 Å². The molecule has 0 radical (unpaired) electrons. The molecule has 0 aliphatic carbocycles. The van der Waals surface area contributed by atoms with E-state index in [0.717, 1.165) is 11.1 Å². The third-order valence-electron chi connectivity index (χ3n) is 3.39. The summed E-state index contributed by atoms with van der Waals surface area (Å²) in [5.74, 6) is -0.410. The van der Waals surface area contributed by atoms with Gasteiger partial charge >= 0.3 is 5.97 Å². The standard InChI is InChI=1S/C16H25NO4/c1-11-5-7-12(8-6-11)15(20)13(9-14(19)21-4)17-16(2,3)10-18/h5-8,13,15,17-18,20H,9-10H2,1-4H3. The normalized spacial score (nSPS) is 14.6. The number of hydrogen-bond donors (Lipinski definition) is 3. The molecule has 0 bridgehead atoms. The molecule has 2 atom stereocenters. The van der Waals surface area contributed by atoms with Crippen LogP contribution in [-0.4, -0.2) is 41.5 Å². The fourth-order valence-corrected chi connectivity index (χ4v) is 2.05. The maximum atomic E-state index is 11.6. The number of nitrogens with one attached hydrogen (secondary N) is 1. The van der Waals surface area contributed by atoms with Gasteiger partial charge in [0.15, 0.2) is 0 Å². The van der Waals surface area contributed by atoms with E-state index >= 15 is 0 Å². The van der Waals surface area contributed by atoms with Crippen LogP contribution in [0.1, 0.15) is 37.5 Å². The number of hydrogen-bond acceptors (Lipinski definition) is 5. The maximum absolute atomic E-state index is 11.6. The summed E-state index contributed by atoms with van der Waals surface area (Å²) in [5, 5.41) is 23.0. The number of rotatable bonds is 7. The number of esters is 1. The molecule has 118 valence electrons. The molecule has 1 aromatic rings. The Morgan fingerprint density at radius 1 is 1.33 bits per heavy atom. The summed E-state index contributed by atoms with van der Waals surface area (Å²) in [6.45, 7) is 5.47. The first-order valence-electron chi connectivity index (χ1n) is 6.99. The Morgan fingerprint density at radius 3 is 2.38 bits per heavy atom. The van der Waals surface area contributed by atoms with Gasteiger partial charge in [0.05, 0.1) is 26.2 Å². The molecular weight excluding hydrogens is 270 g/mol. The van der Waals surface area contributed by atoms with Crippen molar-refractivity contribution in [3.05, 3.63) is 35.4 Å². The van der Waals surface area contributed by atoms with Crippen LogP contribution in [0.3, 0.4) is 0 Å². The van der Waals surface area contributed by atoms with Gasteiger partial charge in [0.2, 0.25) is 0 Å². The Kier molecular flexibility index (Phi) is 6.33. The molecule has 2 unspecified atom stereocenters. The molecule has 0 aromatic heterocycles. The third-order valence-corrected chi connectivity index (χ3v) is 3.39. The van der Waals surface area contributed by atoms with E-state index in [9.17, 15) is 15.0 Å². The highest BCUT2D eigenvalue weighted by Gasteiger charge is 2.29. The summed E-state index contributed by atoms with van der Waals surface area (Å²) < 4.78 is 4.68. The highest BCUT2D eigenvalue weighted by molar-refractivity contribution is 5.70. The summed E-state index contributed by atoms with van der Waals surface area (Å²) in [5.41, 5.74) is 1.21. The first kappa shape index (κ1) is 17.6. The fraction of sp³-hybridized carbons (Fsp3) is 0.562. The minimum Gasteiger partial charge on any atom is -0.469 e. The van der Waals surface area contributed by atoms with Crippen LogP contribution < -0.4 is 5.32 Å². The van der Waals surface area contributed by atoms with Crippen LogP contribution in [0, 0.1) is 6.92 Å².